The molecule has 23 heavy (non-hydrogen) atoms. The third-order valence-corrected chi connectivity index (χ3v) is 5.91. The highest BCUT2D eigenvalue weighted by Crippen LogP contribution is 2.32. The minimum atomic E-state index is -0.291. The van der Waals surface area contributed by atoms with E-state index in [1.54, 1.807) is 0 Å². The van der Waals surface area contributed by atoms with Crippen LogP contribution in [0.25, 0.3) is 10.8 Å². The molecule has 0 bridgehead atoms. The van der Waals surface area contributed by atoms with Crippen molar-refractivity contribution < 1.29 is 9.53 Å². The topological polar surface area (TPSA) is 38.3 Å². The second-order valence-electron chi connectivity index (χ2n) is 6.46. The van der Waals surface area contributed by atoms with E-state index in [1.807, 2.05) is 18.2 Å². The molecule has 1 fully saturated rings. The number of ether oxygens (including phenoxy) is 1. The molecule has 0 aromatic heterocycles. The molecule has 2 aromatic carbocycles. The zero-order valence-corrected chi connectivity index (χ0v) is 15.7. The fraction of sp³-hybridized carbons (Fsp3) is 0.421. The number of methoxy groups -OCH3 is 1. The molecule has 0 heterocycles. The van der Waals surface area contributed by atoms with Crippen LogP contribution in [-0.4, -0.2) is 19.1 Å². The predicted octanol–water partition coefficient (Wildman–Crippen LogP) is 5.22. The molecule has 3 rings (SSSR count). The van der Waals surface area contributed by atoms with Gasteiger partial charge in [-0.15, -0.1) is 0 Å². The van der Waals surface area contributed by atoms with Gasteiger partial charge in [0, 0.05) is 15.3 Å². The van der Waals surface area contributed by atoms with Crippen LogP contribution in [0.4, 0.5) is 5.69 Å². The highest BCUT2D eigenvalue weighted by Gasteiger charge is 2.19. The molecule has 122 valence electrons. The monoisotopic (exact) mass is 423 g/mol. The molecule has 0 aliphatic heterocycles. The van der Waals surface area contributed by atoms with Crippen LogP contribution >= 0.6 is 22.6 Å². The van der Waals surface area contributed by atoms with Crippen molar-refractivity contribution >= 4 is 45.0 Å². The lowest BCUT2D eigenvalue weighted by Gasteiger charge is -2.28. The van der Waals surface area contributed by atoms with Crippen molar-refractivity contribution in [3.05, 3.63) is 39.5 Å². The number of esters is 1. The summed E-state index contributed by atoms with van der Waals surface area (Å²) in [6.07, 6.45) is 5.11. The summed E-state index contributed by atoms with van der Waals surface area (Å²) >= 11 is 2.40. The van der Waals surface area contributed by atoms with E-state index in [2.05, 4.69) is 47.0 Å². The van der Waals surface area contributed by atoms with Gasteiger partial charge in [0.05, 0.1) is 12.7 Å². The number of carbonyl (C=O) groups is 1. The van der Waals surface area contributed by atoms with Crippen molar-refractivity contribution in [2.75, 3.05) is 12.4 Å². The number of hydrogen-bond acceptors (Lipinski definition) is 3. The zero-order chi connectivity index (χ0) is 16.4. The number of hydrogen-bond donors (Lipinski definition) is 1. The van der Waals surface area contributed by atoms with Gasteiger partial charge in [0.25, 0.3) is 0 Å². The maximum absolute atomic E-state index is 11.7. The van der Waals surface area contributed by atoms with E-state index in [9.17, 15) is 4.79 Å². The van der Waals surface area contributed by atoms with Gasteiger partial charge < -0.3 is 10.1 Å². The summed E-state index contributed by atoms with van der Waals surface area (Å²) in [6.45, 7) is 2.34. The van der Waals surface area contributed by atoms with Gasteiger partial charge in [-0.3, -0.25) is 0 Å². The molecular weight excluding hydrogens is 401 g/mol. The number of carbonyl (C=O) groups excluding carboxylic acids is 1. The summed E-state index contributed by atoms with van der Waals surface area (Å²) in [5, 5.41) is 5.95. The van der Waals surface area contributed by atoms with Crippen LogP contribution in [-0.2, 0) is 4.74 Å². The van der Waals surface area contributed by atoms with Crippen molar-refractivity contribution in [1.29, 1.82) is 0 Å². The molecule has 2 aromatic rings. The van der Waals surface area contributed by atoms with Crippen molar-refractivity contribution in [1.82, 2.24) is 0 Å². The minimum absolute atomic E-state index is 0.291. The van der Waals surface area contributed by atoms with Crippen LogP contribution in [0.1, 0.15) is 43.0 Å². The first-order chi connectivity index (χ1) is 11.1. The van der Waals surface area contributed by atoms with Crippen molar-refractivity contribution in [3.63, 3.8) is 0 Å². The van der Waals surface area contributed by atoms with Gasteiger partial charge in [0.15, 0.2) is 0 Å². The maximum atomic E-state index is 11.7. The Balaban J connectivity index is 1.85. The minimum Gasteiger partial charge on any atom is -0.465 e. The zero-order valence-electron chi connectivity index (χ0n) is 13.6. The molecule has 1 aliphatic carbocycles. The Kier molecular flexibility index (Phi) is 5.09. The van der Waals surface area contributed by atoms with Crippen molar-refractivity contribution in [3.8, 4) is 0 Å². The first-order valence-electron chi connectivity index (χ1n) is 8.15. The molecule has 1 saturated carbocycles. The van der Waals surface area contributed by atoms with Gasteiger partial charge in [0.2, 0.25) is 0 Å². The van der Waals surface area contributed by atoms with Crippen molar-refractivity contribution in [2.45, 2.75) is 38.6 Å². The number of halogens is 1. The molecule has 0 amide bonds. The van der Waals surface area contributed by atoms with Gasteiger partial charge >= 0.3 is 5.97 Å². The quantitative estimate of drug-likeness (QED) is 0.544. The van der Waals surface area contributed by atoms with Gasteiger partial charge in [0.1, 0.15) is 0 Å². The first-order valence-corrected chi connectivity index (χ1v) is 9.23. The third kappa shape index (κ3) is 3.62. The Morgan fingerprint density at radius 1 is 1.17 bits per heavy atom. The molecule has 0 unspecified atom stereocenters. The van der Waals surface area contributed by atoms with E-state index in [-0.39, 0.29) is 5.97 Å². The number of anilines is 1. The summed E-state index contributed by atoms with van der Waals surface area (Å²) < 4.78 is 6.01. The van der Waals surface area contributed by atoms with Gasteiger partial charge in [-0.1, -0.05) is 19.1 Å². The number of benzene rings is 2. The molecule has 0 atom stereocenters. The lowest BCUT2D eigenvalue weighted by atomic mass is 9.87. The van der Waals surface area contributed by atoms with E-state index < -0.39 is 0 Å². The summed E-state index contributed by atoms with van der Waals surface area (Å²) in [7, 11) is 1.41. The van der Waals surface area contributed by atoms with Gasteiger partial charge in [-0.2, -0.15) is 0 Å². The molecule has 0 radical (unpaired) electrons. The Morgan fingerprint density at radius 2 is 1.91 bits per heavy atom. The summed E-state index contributed by atoms with van der Waals surface area (Å²) in [6, 6.07) is 10.5. The molecule has 0 spiro atoms. The van der Waals surface area contributed by atoms with E-state index in [0.29, 0.717) is 11.6 Å². The SMILES string of the molecule is COC(=O)c1ccc2c(I)c(N[C@H]3CC[C@@H](C)CC3)ccc2c1. The molecule has 4 heteroatoms. The molecule has 1 aliphatic rings. The Bertz CT molecular complexity index is 721. The average molecular weight is 423 g/mol. The number of fused-ring (bicyclic) bond motifs is 1. The summed E-state index contributed by atoms with van der Waals surface area (Å²) in [5.41, 5.74) is 1.79. The predicted molar refractivity (Wildman–Crippen MR) is 103 cm³/mol. The highest BCUT2D eigenvalue weighted by molar-refractivity contribution is 14.1. The second kappa shape index (κ2) is 7.07. The molecule has 1 N–H and O–H groups in total. The maximum Gasteiger partial charge on any atom is 0.337 e. The smallest absolute Gasteiger partial charge is 0.337 e. The Morgan fingerprint density at radius 3 is 2.61 bits per heavy atom. The van der Waals surface area contributed by atoms with Crippen LogP contribution in [0, 0.1) is 9.49 Å². The molecule has 0 saturated heterocycles. The van der Waals surface area contributed by atoms with Crippen LogP contribution in [0.5, 0.6) is 0 Å². The second-order valence-corrected chi connectivity index (χ2v) is 7.53. The number of rotatable bonds is 3. The Labute approximate surface area is 150 Å². The normalized spacial score (nSPS) is 21.2. The standard InChI is InChI=1S/C19H22INO2/c1-12-3-7-15(8-4-12)21-17-10-6-13-11-14(19(22)23-2)5-9-16(13)18(17)20/h5-6,9-12,15,21H,3-4,7-8H2,1-2H3/t12-,15+. The largest absolute Gasteiger partial charge is 0.465 e. The lowest BCUT2D eigenvalue weighted by molar-refractivity contribution is 0.0601. The van der Waals surface area contributed by atoms with E-state index in [4.69, 9.17) is 4.74 Å². The third-order valence-electron chi connectivity index (χ3n) is 4.75. The van der Waals surface area contributed by atoms with E-state index >= 15 is 0 Å². The summed E-state index contributed by atoms with van der Waals surface area (Å²) in [4.78, 5) is 11.7. The lowest BCUT2D eigenvalue weighted by Crippen LogP contribution is -2.25. The van der Waals surface area contributed by atoms with Gasteiger partial charge in [-0.05, 0) is 83.2 Å². The molecule has 3 nitrogen and oxygen atoms in total. The van der Waals surface area contributed by atoms with Crippen LogP contribution in [0.15, 0.2) is 30.3 Å². The number of nitrogens with one attached hydrogen (secondary N) is 1. The molecular formula is C19H22INO2. The fourth-order valence-electron chi connectivity index (χ4n) is 3.27. The fourth-order valence-corrected chi connectivity index (χ4v) is 4.10. The Hall–Kier alpha value is -1.30. The van der Waals surface area contributed by atoms with Crippen LogP contribution < -0.4 is 5.32 Å². The van der Waals surface area contributed by atoms with Gasteiger partial charge in [-0.25, -0.2) is 4.79 Å². The van der Waals surface area contributed by atoms with Crippen molar-refractivity contribution in [2.24, 2.45) is 5.92 Å². The van der Waals surface area contributed by atoms with Crippen LogP contribution in [0.2, 0.25) is 0 Å². The summed E-state index contributed by atoms with van der Waals surface area (Å²) in [5.74, 6) is 0.570. The first kappa shape index (κ1) is 16.6. The van der Waals surface area contributed by atoms with E-state index in [1.165, 1.54) is 47.4 Å². The van der Waals surface area contributed by atoms with E-state index in [0.717, 1.165) is 11.3 Å². The average Bonchev–Trinajstić information content (AvgIpc) is 2.58. The highest BCUT2D eigenvalue weighted by atomic mass is 127. The van der Waals surface area contributed by atoms with Crippen LogP contribution in [0.3, 0.4) is 0 Å².